The van der Waals surface area contributed by atoms with E-state index in [2.05, 4.69) is 28.1 Å². The third-order valence-electron chi connectivity index (χ3n) is 6.27. The summed E-state index contributed by atoms with van der Waals surface area (Å²) in [5.74, 6) is 0.856. The molecular weight excluding hydrogens is 456 g/mol. The molecule has 0 amide bonds. The van der Waals surface area contributed by atoms with Gasteiger partial charge in [-0.3, -0.25) is 9.97 Å². The molecule has 2 atom stereocenters. The highest BCUT2D eigenvalue weighted by atomic mass is 79.9. The van der Waals surface area contributed by atoms with Gasteiger partial charge in [0, 0.05) is 30.1 Å². The molecule has 0 bridgehead atoms. The van der Waals surface area contributed by atoms with Crippen LogP contribution in [0.5, 0.6) is 5.75 Å². The van der Waals surface area contributed by atoms with Gasteiger partial charge in [0.15, 0.2) is 0 Å². The predicted molar refractivity (Wildman–Crippen MR) is 127 cm³/mol. The standard InChI is InChI=1S/C13H19NO2.C12H16BrNO/c1-9(15-2)13-12(16-3)8-10-6-4-5-7-11(10)14-13;1-8(15-2)12-10(13)7-9-5-3-4-6-11(9)14-12/h8-9H,4-7H2,1-3H3;7-8H,3-6H2,1-2H3. The number of hydrogen-bond donors (Lipinski definition) is 0. The fraction of sp³-hybridized carbons (Fsp3) is 0.600. The van der Waals surface area contributed by atoms with E-state index in [0.29, 0.717) is 0 Å². The summed E-state index contributed by atoms with van der Waals surface area (Å²) in [5.41, 5.74) is 7.19. The zero-order valence-corrected chi connectivity index (χ0v) is 21.0. The van der Waals surface area contributed by atoms with Gasteiger partial charge in [-0.05, 0) is 104 Å². The smallest absolute Gasteiger partial charge is 0.143 e. The Bertz CT molecular complexity index is 888. The van der Waals surface area contributed by atoms with Crippen molar-refractivity contribution in [2.45, 2.75) is 77.4 Å². The number of aryl methyl sites for hydroxylation is 4. The Morgan fingerprint density at radius 2 is 1.23 bits per heavy atom. The van der Waals surface area contributed by atoms with Crippen molar-refractivity contribution in [3.63, 3.8) is 0 Å². The van der Waals surface area contributed by atoms with E-state index in [1.165, 1.54) is 54.6 Å². The molecule has 2 unspecified atom stereocenters. The van der Waals surface area contributed by atoms with Crippen molar-refractivity contribution in [1.29, 1.82) is 0 Å². The van der Waals surface area contributed by atoms with Crippen LogP contribution >= 0.6 is 15.9 Å². The summed E-state index contributed by atoms with van der Waals surface area (Å²) < 4.78 is 17.1. The van der Waals surface area contributed by atoms with Crippen LogP contribution in [0.4, 0.5) is 0 Å². The molecule has 4 rings (SSSR count). The average molecular weight is 491 g/mol. The Kier molecular flexibility index (Phi) is 8.87. The lowest BCUT2D eigenvalue weighted by molar-refractivity contribution is 0.113. The molecule has 2 aromatic rings. The van der Waals surface area contributed by atoms with Crippen LogP contribution in [0.15, 0.2) is 16.6 Å². The Morgan fingerprint density at radius 1 is 0.742 bits per heavy atom. The highest BCUT2D eigenvalue weighted by Crippen LogP contribution is 2.31. The Labute approximate surface area is 195 Å². The zero-order chi connectivity index (χ0) is 22.4. The average Bonchev–Trinajstić information content (AvgIpc) is 2.82. The largest absolute Gasteiger partial charge is 0.495 e. The van der Waals surface area contributed by atoms with E-state index in [4.69, 9.17) is 24.2 Å². The van der Waals surface area contributed by atoms with Gasteiger partial charge in [0.1, 0.15) is 11.4 Å². The summed E-state index contributed by atoms with van der Waals surface area (Å²) in [7, 11) is 5.11. The van der Waals surface area contributed by atoms with E-state index >= 15 is 0 Å². The van der Waals surface area contributed by atoms with Gasteiger partial charge in [-0.15, -0.1) is 0 Å². The first kappa shape index (κ1) is 24.1. The van der Waals surface area contributed by atoms with Gasteiger partial charge in [-0.2, -0.15) is 0 Å². The van der Waals surface area contributed by atoms with Gasteiger partial charge < -0.3 is 14.2 Å². The molecule has 2 aromatic heterocycles. The van der Waals surface area contributed by atoms with Crippen molar-refractivity contribution in [2.75, 3.05) is 21.3 Å². The molecule has 5 nitrogen and oxygen atoms in total. The Balaban J connectivity index is 0.000000176. The van der Waals surface area contributed by atoms with Gasteiger partial charge >= 0.3 is 0 Å². The number of rotatable bonds is 5. The summed E-state index contributed by atoms with van der Waals surface area (Å²) in [6.07, 6.45) is 9.61. The normalized spacial score (nSPS) is 17.0. The van der Waals surface area contributed by atoms with Crippen LogP contribution in [0, 0.1) is 0 Å². The van der Waals surface area contributed by atoms with Crippen LogP contribution in [0.2, 0.25) is 0 Å². The second kappa shape index (κ2) is 11.4. The van der Waals surface area contributed by atoms with Crippen LogP contribution < -0.4 is 4.74 Å². The van der Waals surface area contributed by atoms with Crippen molar-refractivity contribution in [2.24, 2.45) is 0 Å². The van der Waals surface area contributed by atoms with Crippen LogP contribution in [0.3, 0.4) is 0 Å². The molecule has 0 N–H and O–H groups in total. The minimum Gasteiger partial charge on any atom is -0.495 e. The molecule has 2 heterocycles. The lowest BCUT2D eigenvalue weighted by Crippen LogP contribution is -2.11. The van der Waals surface area contributed by atoms with E-state index in [9.17, 15) is 0 Å². The first-order valence-corrected chi connectivity index (χ1v) is 12.1. The van der Waals surface area contributed by atoms with E-state index in [1.807, 2.05) is 13.8 Å². The lowest BCUT2D eigenvalue weighted by Gasteiger charge is -2.20. The minimum absolute atomic E-state index is 0.0119. The summed E-state index contributed by atoms with van der Waals surface area (Å²) in [6, 6.07) is 4.35. The third kappa shape index (κ3) is 5.85. The molecule has 6 heteroatoms. The Hall–Kier alpha value is -1.50. The van der Waals surface area contributed by atoms with Gasteiger partial charge in [0.25, 0.3) is 0 Å². The van der Waals surface area contributed by atoms with Crippen LogP contribution in [-0.2, 0) is 35.2 Å². The quantitative estimate of drug-likeness (QED) is 0.506. The monoisotopic (exact) mass is 490 g/mol. The number of fused-ring (bicyclic) bond motifs is 2. The molecule has 31 heavy (non-hydrogen) atoms. The number of halogens is 1. The van der Waals surface area contributed by atoms with E-state index in [0.717, 1.165) is 40.9 Å². The van der Waals surface area contributed by atoms with Gasteiger partial charge in [-0.1, -0.05) is 0 Å². The lowest BCUT2D eigenvalue weighted by atomic mass is 9.95. The first-order valence-electron chi connectivity index (χ1n) is 11.3. The van der Waals surface area contributed by atoms with Crippen LogP contribution in [0.25, 0.3) is 0 Å². The van der Waals surface area contributed by atoms with Gasteiger partial charge in [0.2, 0.25) is 0 Å². The Morgan fingerprint density at radius 3 is 1.77 bits per heavy atom. The number of ether oxygens (including phenoxy) is 3. The summed E-state index contributed by atoms with van der Waals surface area (Å²) in [5, 5.41) is 0. The summed E-state index contributed by atoms with van der Waals surface area (Å²) in [6.45, 7) is 4.03. The van der Waals surface area contributed by atoms with Crippen molar-refractivity contribution < 1.29 is 14.2 Å². The third-order valence-corrected chi connectivity index (χ3v) is 6.91. The highest BCUT2D eigenvalue weighted by molar-refractivity contribution is 9.10. The maximum atomic E-state index is 5.39. The molecule has 0 radical (unpaired) electrons. The van der Waals surface area contributed by atoms with Crippen molar-refractivity contribution in [3.05, 3.63) is 50.5 Å². The highest BCUT2D eigenvalue weighted by Gasteiger charge is 2.19. The zero-order valence-electron chi connectivity index (χ0n) is 19.5. The van der Waals surface area contributed by atoms with Crippen LogP contribution in [-0.4, -0.2) is 31.3 Å². The van der Waals surface area contributed by atoms with E-state index in [-0.39, 0.29) is 12.2 Å². The number of hydrogen-bond acceptors (Lipinski definition) is 5. The second-order valence-corrected chi connectivity index (χ2v) is 9.17. The van der Waals surface area contributed by atoms with E-state index < -0.39 is 0 Å². The fourth-order valence-corrected chi connectivity index (χ4v) is 4.90. The number of methoxy groups -OCH3 is 3. The van der Waals surface area contributed by atoms with Crippen molar-refractivity contribution >= 4 is 15.9 Å². The van der Waals surface area contributed by atoms with Gasteiger partial charge in [0.05, 0.1) is 25.0 Å². The summed E-state index contributed by atoms with van der Waals surface area (Å²) in [4.78, 5) is 9.42. The number of pyridine rings is 2. The molecule has 0 aromatic carbocycles. The molecular formula is C25H35BrN2O3. The van der Waals surface area contributed by atoms with Crippen molar-refractivity contribution in [3.8, 4) is 5.75 Å². The summed E-state index contributed by atoms with van der Waals surface area (Å²) >= 11 is 3.57. The van der Waals surface area contributed by atoms with Crippen molar-refractivity contribution in [1.82, 2.24) is 9.97 Å². The number of nitrogens with zero attached hydrogens (tertiary/aromatic N) is 2. The van der Waals surface area contributed by atoms with E-state index in [1.54, 1.807) is 21.3 Å². The maximum absolute atomic E-state index is 5.39. The molecule has 0 fully saturated rings. The van der Waals surface area contributed by atoms with Gasteiger partial charge in [-0.25, -0.2) is 0 Å². The minimum atomic E-state index is -0.0119. The molecule has 0 aliphatic heterocycles. The topological polar surface area (TPSA) is 53.5 Å². The molecule has 2 aliphatic carbocycles. The second-order valence-electron chi connectivity index (χ2n) is 8.31. The molecule has 0 saturated heterocycles. The molecule has 0 saturated carbocycles. The predicted octanol–water partition coefficient (Wildman–Crippen LogP) is 6.11. The SMILES string of the molecule is COC(C)c1nc2c(cc1Br)CCCC2.COc1cc2c(nc1C(C)OC)CCCC2. The molecule has 2 aliphatic rings. The number of aromatic nitrogens is 2. The molecule has 170 valence electrons. The first-order chi connectivity index (χ1) is 15.0. The van der Waals surface area contributed by atoms with Crippen LogP contribution in [0.1, 0.15) is 85.6 Å². The maximum Gasteiger partial charge on any atom is 0.143 e. The fourth-order valence-electron chi connectivity index (χ4n) is 4.21. The molecule has 0 spiro atoms.